The summed E-state index contributed by atoms with van der Waals surface area (Å²) in [6.45, 7) is 1.97. The summed E-state index contributed by atoms with van der Waals surface area (Å²) < 4.78 is 0. The second-order valence-corrected chi connectivity index (χ2v) is 4.93. The highest BCUT2D eigenvalue weighted by molar-refractivity contribution is 5.99. The van der Waals surface area contributed by atoms with Crippen LogP contribution in [0.2, 0.25) is 0 Å². The lowest BCUT2D eigenvalue weighted by molar-refractivity contribution is 0.0715. The molecule has 0 N–H and O–H groups in total. The minimum absolute atomic E-state index is 0.253. The zero-order chi connectivity index (χ0) is 16.7. The Balaban J connectivity index is 2.38. The molecule has 0 aliphatic rings. The molecule has 6 heteroatoms. The molecular formula is C17H15N5O. The predicted molar refractivity (Wildman–Crippen MR) is 86.6 cm³/mol. The lowest BCUT2D eigenvalue weighted by Gasteiger charge is -2.25. The summed E-state index contributed by atoms with van der Waals surface area (Å²) in [7, 11) is 0. The predicted octanol–water partition coefficient (Wildman–Crippen LogP) is 4.18. The monoisotopic (exact) mass is 305 g/mol. The molecule has 0 fully saturated rings. The van der Waals surface area contributed by atoms with Gasteiger partial charge < -0.3 is 4.90 Å². The standard InChI is InChI=1S/C17H15N5O/c1-13(11-18)22(12-14-7-3-2-4-8-14)17(23)15-9-5-6-10-16(15)20-21-19/h2-10,13H,12H2,1H3. The minimum Gasteiger partial charge on any atom is -0.319 e. The molecule has 1 unspecified atom stereocenters. The number of hydrogen-bond acceptors (Lipinski definition) is 3. The van der Waals surface area contributed by atoms with E-state index in [0.717, 1.165) is 5.56 Å². The van der Waals surface area contributed by atoms with Crippen molar-refractivity contribution in [2.24, 2.45) is 5.11 Å². The van der Waals surface area contributed by atoms with E-state index in [1.54, 1.807) is 31.2 Å². The molecule has 0 bridgehead atoms. The molecule has 0 aromatic heterocycles. The molecule has 0 radical (unpaired) electrons. The van der Waals surface area contributed by atoms with Crippen LogP contribution >= 0.6 is 0 Å². The van der Waals surface area contributed by atoms with Crippen molar-refractivity contribution < 1.29 is 4.79 Å². The summed E-state index contributed by atoms with van der Waals surface area (Å²) in [6.07, 6.45) is 0. The summed E-state index contributed by atoms with van der Waals surface area (Å²) in [5.41, 5.74) is 10.1. The molecule has 2 aromatic carbocycles. The first-order chi connectivity index (χ1) is 11.2. The average molecular weight is 305 g/mol. The summed E-state index contributed by atoms with van der Waals surface area (Å²) in [4.78, 5) is 17.0. The van der Waals surface area contributed by atoms with Crippen molar-refractivity contribution in [2.45, 2.75) is 19.5 Å². The molecule has 114 valence electrons. The van der Waals surface area contributed by atoms with Gasteiger partial charge in [-0.25, -0.2) is 0 Å². The Bertz CT molecular complexity index is 775. The summed E-state index contributed by atoms with van der Waals surface area (Å²) in [5.74, 6) is -0.342. The van der Waals surface area contributed by atoms with Crippen molar-refractivity contribution in [3.63, 3.8) is 0 Å². The molecule has 6 nitrogen and oxygen atoms in total. The number of nitrogens with zero attached hydrogens (tertiary/aromatic N) is 5. The zero-order valence-electron chi connectivity index (χ0n) is 12.6. The van der Waals surface area contributed by atoms with Crippen molar-refractivity contribution in [2.75, 3.05) is 0 Å². The molecule has 1 atom stereocenters. The Morgan fingerprint density at radius 3 is 2.57 bits per heavy atom. The fraction of sp³-hybridized carbons (Fsp3) is 0.176. The largest absolute Gasteiger partial charge is 0.319 e. The molecule has 23 heavy (non-hydrogen) atoms. The highest BCUT2D eigenvalue weighted by atomic mass is 16.2. The van der Waals surface area contributed by atoms with E-state index in [0.29, 0.717) is 6.54 Å². The van der Waals surface area contributed by atoms with E-state index in [4.69, 9.17) is 5.53 Å². The van der Waals surface area contributed by atoms with E-state index in [1.807, 2.05) is 30.3 Å². The maximum atomic E-state index is 12.8. The summed E-state index contributed by atoms with van der Waals surface area (Å²) in [6, 6.07) is 17.5. The normalized spacial score (nSPS) is 11.0. The van der Waals surface area contributed by atoms with Crippen LogP contribution in [0.15, 0.2) is 59.7 Å². The van der Waals surface area contributed by atoms with Gasteiger partial charge in [0.2, 0.25) is 0 Å². The van der Waals surface area contributed by atoms with Crippen LogP contribution in [0.25, 0.3) is 10.4 Å². The van der Waals surface area contributed by atoms with Crippen LogP contribution in [0.5, 0.6) is 0 Å². The van der Waals surface area contributed by atoms with Crippen molar-refractivity contribution >= 4 is 11.6 Å². The minimum atomic E-state index is -0.609. The van der Waals surface area contributed by atoms with Crippen LogP contribution in [0, 0.1) is 11.3 Å². The van der Waals surface area contributed by atoms with Crippen LogP contribution < -0.4 is 0 Å². The number of carbonyl (C=O) groups excluding carboxylic acids is 1. The number of azide groups is 1. The first kappa shape index (κ1) is 16.1. The van der Waals surface area contributed by atoms with Gasteiger partial charge >= 0.3 is 0 Å². The fourth-order valence-corrected chi connectivity index (χ4v) is 2.18. The Kier molecular flexibility index (Phi) is 5.35. The number of rotatable bonds is 5. The molecular weight excluding hydrogens is 290 g/mol. The number of hydrogen-bond donors (Lipinski definition) is 0. The zero-order valence-corrected chi connectivity index (χ0v) is 12.6. The molecule has 2 rings (SSSR count). The van der Waals surface area contributed by atoms with Crippen LogP contribution in [0.4, 0.5) is 5.69 Å². The molecule has 2 aromatic rings. The van der Waals surface area contributed by atoms with E-state index < -0.39 is 6.04 Å². The van der Waals surface area contributed by atoms with E-state index in [9.17, 15) is 10.1 Å². The van der Waals surface area contributed by atoms with Crippen molar-refractivity contribution in [1.29, 1.82) is 5.26 Å². The van der Waals surface area contributed by atoms with Gasteiger partial charge in [-0.3, -0.25) is 4.79 Å². The molecule has 0 saturated carbocycles. The van der Waals surface area contributed by atoms with Crippen molar-refractivity contribution in [1.82, 2.24) is 4.90 Å². The lowest BCUT2D eigenvalue weighted by Crippen LogP contribution is -2.37. The molecule has 0 spiro atoms. The van der Waals surface area contributed by atoms with Gasteiger partial charge in [-0.15, -0.1) is 0 Å². The van der Waals surface area contributed by atoms with Gasteiger partial charge in [0.15, 0.2) is 0 Å². The quantitative estimate of drug-likeness (QED) is 0.470. The average Bonchev–Trinajstić information content (AvgIpc) is 2.60. The van der Waals surface area contributed by atoms with Crippen molar-refractivity contribution in [3.8, 4) is 6.07 Å². The van der Waals surface area contributed by atoms with E-state index in [1.165, 1.54) is 4.90 Å². The topological polar surface area (TPSA) is 92.9 Å². The molecule has 0 aliphatic carbocycles. The van der Waals surface area contributed by atoms with Gasteiger partial charge in [0.05, 0.1) is 11.8 Å². The van der Waals surface area contributed by atoms with Crippen LogP contribution in [-0.2, 0) is 6.54 Å². The maximum Gasteiger partial charge on any atom is 0.255 e. The first-order valence-corrected chi connectivity index (χ1v) is 7.06. The lowest BCUT2D eigenvalue weighted by atomic mass is 10.1. The highest BCUT2D eigenvalue weighted by Gasteiger charge is 2.23. The second kappa shape index (κ2) is 7.64. The Morgan fingerprint density at radius 2 is 1.91 bits per heavy atom. The maximum absolute atomic E-state index is 12.8. The van der Waals surface area contributed by atoms with E-state index in [2.05, 4.69) is 16.1 Å². The fourth-order valence-electron chi connectivity index (χ4n) is 2.18. The van der Waals surface area contributed by atoms with Gasteiger partial charge in [-0.05, 0) is 24.1 Å². The Hall–Kier alpha value is -3.29. The molecule has 0 heterocycles. The number of benzene rings is 2. The van der Waals surface area contributed by atoms with Crippen LogP contribution in [0.1, 0.15) is 22.8 Å². The van der Waals surface area contributed by atoms with Crippen LogP contribution in [0.3, 0.4) is 0 Å². The Morgan fingerprint density at radius 1 is 1.26 bits per heavy atom. The van der Waals surface area contributed by atoms with Crippen LogP contribution in [-0.4, -0.2) is 16.8 Å². The Labute approximate surface area is 134 Å². The van der Waals surface area contributed by atoms with Gasteiger partial charge in [-0.2, -0.15) is 5.26 Å². The SMILES string of the molecule is CC(C#N)N(Cc1ccccc1)C(=O)c1ccccc1N=[N+]=[N-]. The molecule has 0 aliphatic heterocycles. The third kappa shape index (κ3) is 3.88. The van der Waals surface area contributed by atoms with Gasteiger partial charge in [0.1, 0.15) is 6.04 Å². The number of amides is 1. The van der Waals surface area contributed by atoms with Gasteiger partial charge in [-0.1, -0.05) is 53.6 Å². The highest BCUT2D eigenvalue weighted by Crippen LogP contribution is 2.22. The molecule has 0 saturated heterocycles. The number of nitriles is 1. The van der Waals surface area contributed by atoms with Gasteiger partial charge in [0, 0.05) is 17.0 Å². The summed E-state index contributed by atoms with van der Waals surface area (Å²) in [5, 5.41) is 12.8. The molecule has 1 amide bonds. The third-order valence-electron chi connectivity index (χ3n) is 3.40. The second-order valence-electron chi connectivity index (χ2n) is 4.93. The first-order valence-electron chi connectivity index (χ1n) is 7.06. The smallest absolute Gasteiger partial charge is 0.255 e. The van der Waals surface area contributed by atoms with Gasteiger partial charge in [0.25, 0.3) is 5.91 Å². The summed E-state index contributed by atoms with van der Waals surface area (Å²) >= 11 is 0. The third-order valence-corrected chi connectivity index (χ3v) is 3.40. The number of carbonyl (C=O) groups is 1. The van der Waals surface area contributed by atoms with E-state index in [-0.39, 0.29) is 17.2 Å². The van der Waals surface area contributed by atoms with E-state index >= 15 is 0 Å². The van der Waals surface area contributed by atoms with Crippen molar-refractivity contribution in [3.05, 3.63) is 76.2 Å².